The summed E-state index contributed by atoms with van der Waals surface area (Å²) in [6.07, 6.45) is 2.83. The molecule has 2 aliphatic heterocycles. The highest BCUT2D eigenvalue weighted by molar-refractivity contribution is 7.17. The van der Waals surface area contributed by atoms with Gasteiger partial charge in [0, 0.05) is 50.2 Å². The number of nitrogens with one attached hydrogen (secondary N) is 1. The smallest absolute Gasteiger partial charge is 0.229 e. The van der Waals surface area contributed by atoms with E-state index in [2.05, 4.69) is 105 Å². The van der Waals surface area contributed by atoms with Crippen molar-refractivity contribution in [3.63, 3.8) is 0 Å². The zero-order chi connectivity index (χ0) is 25.5. The minimum absolute atomic E-state index is 0.0931. The first kappa shape index (κ1) is 23.1. The molecule has 0 radical (unpaired) electrons. The van der Waals surface area contributed by atoms with Crippen molar-refractivity contribution in [2.45, 2.75) is 12.5 Å². The third-order valence-electron chi connectivity index (χ3n) is 7.48. The number of thiophene rings is 1. The highest BCUT2D eigenvalue weighted by Gasteiger charge is 2.28. The van der Waals surface area contributed by atoms with Crippen LogP contribution in [0.5, 0.6) is 0 Å². The largest absolute Gasteiger partial charge is 0.369 e. The highest BCUT2D eigenvalue weighted by Crippen LogP contribution is 2.39. The maximum atomic E-state index is 4.99. The maximum Gasteiger partial charge on any atom is 0.229 e. The minimum Gasteiger partial charge on any atom is -0.369 e. The van der Waals surface area contributed by atoms with Gasteiger partial charge in [0.15, 0.2) is 5.82 Å². The van der Waals surface area contributed by atoms with Crippen LogP contribution in [0.3, 0.4) is 0 Å². The van der Waals surface area contributed by atoms with E-state index in [1.165, 1.54) is 22.0 Å². The molecule has 1 saturated heterocycles. The summed E-state index contributed by atoms with van der Waals surface area (Å²) >= 11 is 1.66. The van der Waals surface area contributed by atoms with Crippen molar-refractivity contribution < 1.29 is 0 Å². The van der Waals surface area contributed by atoms with Gasteiger partial charge in [-0.3, -0.25) is 0 Å². The summed E-state index contributed by atoms with van der Waals surface area (Å²) in [5.74, 6) is 1.42. The molecule has 7 rings (SSSR count). The van der Waals surface area contributed by atoms with Crippen LogP contribution < -0.4 is 15.2 Å². The number of hydrogen-bond donors (Lipinski definition) is 1. The van der Waals surface area contributed by atoms with Gasteiger partial charge in [0.25, 0.3) is 0 Å². The van der Waals surface area contributed by atoms with Gasteiger partial charge in [-0.2, -0.15) is 10.1 Å². The number of benzene rings is 3. The second-order valence-corrected chi connectivity index (χ2v) is 10.9. The summed E-state index contributed by atoms with van der Waals surface area (Å²) in [4.78, 5) is 14.6. The summed E-state index contributed by atoms with van der Waals surface area (Å²) in [6, 6.07) is 25.9. The van der Waals surface area contributed by atoms with Gasteiger partial charge in [-0.05, 0) is 65.2 Å². The van der Waals surface area contributed by atoms with Crippen molar-refractivity contribution in [1.82, 2.24) is 14.9 Å². The SMILES string of the molecule is CN1CCN(c2ccc(Nc3nc(N4N=CCC4c4ccc5ccccc5c4)c4sccc4n3)cc2)CC1. The second kappa shape index (κ2) is 9.70. The van der Waals surface area contributed by atoms with Crippen LogP contribution >= 0.6 is 11.3 Å². The Hall–Kier alpha value is -4.01. The predicted octanol–water partition coefficient (Wildman–Crippen LogP) is 6.28. The Labute approximate surface area is 226 Å². The van der Waals surface area contributed by atoms with Crippen LogP contribution in [0.4, 0.5) is 23.1 Å². The molecule has 1 N–H and O–H groups in total. The Morgan fingerprint density at radius 1 is 0.868 bits per heavy atom. The topological polar surface area (TPSA) is 59.9 Å². The van der Waals surface area contributed by atoms with Crippen molar-refractivity contribution in [2.75, 3.05) is 48.5 Å². The molecule has 5 aromatic rings. The Balaban J connectivity index is 1.18. The zero-order valence-corrected chi connectivity index (χ0v) is 22.1. The zero-order valence-electron chi connectivity index (χ0n) is 21.3. The minimum atomic E-state index is 0.0931. The van der Waals surface area contributed by atoms with E-state index < -0.39 is 0 Å². The lowest BCUT2D eigenvalue weighted by Gasteiger charge is -2.34. The molecule has 190 valence electrons. The monoisotopic (exact) mass is 519 g/mol. The number of hydrazone groups is 1. The number of rotatable bonds is 5. The third kappa shape index (κ3) is 4.36. The van der Waals surface area contributed by atoms with Gasteiger partial charge >= 0.3 is 0 Å². The first-order chi connectivity index (χ1) is 18.7. The molecule has 38 heavy (non-hydrogen) atoms. The van der Waals surface area contributed by atoms with Gasteiger partial charge in [-0.1, -0.05) is 36.4 Å². The molecular formula is C30H29N7S. The van der Waals surface area contributed by atoms with E-state index in [1.54, 1.807) is 11.3 Å². The van der Waals surface area contributed by atoms with Gasteiger partial charge in [0.1, 0.15) is 0 Å². The number of likely N-dealkylation sites (N-methyl/N-ethyl adjacent to an activating group) is 1. The number of aromatic nitrogens is 2. The molecule has 0 aliphatic carbocycles. The van der Waals surface area contributed by atoms with Gasteiger partial charge < -0.3 is 15.1 Å². The van der Waals surface area contributed by atoms with Crippen LogP contribution in [0.1, 0.15) is 18.0 Å². The normalized spacial score (nSPS) is 18.1. The number of anilines is 4. The van der Waals surface area contributed by atoms with Gasteiger partial charge in [0.05, 0.1) is 16.3 Å². The van der Waals surface area contributed by atoms with Crippen molar-refractivity contribution in [3.05, 3.63) is 83.7 Å². The molecule has 2 aromatic heterocycles. The fraction of sp³-hybridized carbons (Fsp3) is 0.233. The fourth-order valence-electron chi connectivity index (χ4n) is 5.32. The summed E-state index contributed by atoms with van der Waals surface area (Å²) in [7, 11) is 2.18. The quantitative estimate of drug-likeness (QED) is 0.295. The Morgan fingerprint density at radius 3 is 2.53 bits per heavy atom. The average Bonchev–Trinajstić information content (AvgIpc) is 3.63. The molecule has 0 saturated carbocycles. The van der Waals surface area contributed by atoms with Crippen molar-refractivity contribution in [3.8, 4) is 0 Å². The van der Waals surface area contributed by atoms with Crippen LogP contribution in [-0.2, 0) is 0 Å². The predicted molar refractivity (Wildman–Crippen MR) is 159 cm³/mol. The summed E-state index contributed by atoms with van der Waals surface area (Å²) in [5.41, 5.74) is 4.39. The molecule has 4 heterocycles. The Kier molecular flexibility index (Phi) is 5.91. The van der Waals surface area contributed by atoms with Gasteiger partial charge in [-0.25, -0.2) is 9.99 Å². The molecule has 0 amide bonds. The van der Waals surface area contributed by atoms with E-state index in [1.807, 2.05) is 6.21 Å². The molecule has 1 unspecified atom stereocenters. The molecule has 1 atom stereocenters. The van der Waals surface area contributed by atoms with Crippen LogP contribution in [0.25, 0.3) is 21.0 Å². The molecule has 2 aliphatic rings. The van der Waals surface area contributed by atoms with Crippen LogP contribution in [-0.4, -0.2) is 54.3 Å². The maximum absolute atomic E-state index is 4.99. The van der Waals surface area contributed by atoms with Crippen LogP contribution in [0, 0.1) is 0 Å². The summed E-state index contributed by atoms with van der Waals surface area (Å²) < 4.78 is 1.05. The first-order valence-corrected chi connectivity index (χ1v) is 14.0. The lowest BCUT2D eigenvalue weighted by molar-refractivity contribution is 0.313. The first-order valence-electron chi connectivity index (χ1n) is 13.1. The molecule has 8 heteroatoms. The summed E-state index contributed by atoms with van der Waals surface area (Å²) in [6.45, 7) is 4.30. The van der Waals surface area contributed by atoms with Crippen LogP contribution in [0.15, 0.2) is 83.3 Å². The molecule has 0 spiro atoms. The molecule has 7 nitrogen and oxygen atoms in total. The fourth-order valence-corrected chi connectivity index (χ4v) is 6.13. The van der Waals surface area contributed by atoms with Crippen molar-refractivity contribution >= 4 is 61.7 Å². The highest BCUT2D eigenvalue weighted by atomic mass is 32.1. The van der Waals surface area contributed by atoms with E-state index in [0.717, 1.165) is 54.3 Å². The molecule has 3 aromatic carbocycles. The Morgan fingerprint density at radius 2 is 1.68 bits per heavy atom. The average molecular weight is 520 g/mol. The number of piperazine rings is 1. The molecule has 1 fully saturated rings. The lowest BCUT2D eigenvalue weighted by Crippen LogP contribution is -2.44. The van der Waals surface area contributed by atoms with E-state index in [9.17, 15) is 0 Å². The van der Waals surface area contributed by atoms with Crippen molar-refractivity contribution in [2.24, 2.45) is 5.10 Å². The number of hydrogen-bond acceptors (Lipinski definition) is 8. The molecular weight excluding hydrogens is 490 g/mol. The number of nitrogens with zero attached hydrogens (tertiary/aromatic N) is 6. The third-order valence-corrected chi connectivity index (χ3v) is 8.38. The standard InChI is InChI=1S/C30H29N7S/c1-35-15-17-36(18-16-35)25-10-8-24(9-11-25)32-30-33-26-13-19-38-28(26)29(34-30)37-27(12-14-31-37)23-7-6-21-4-2-3-5-22(21)20-23/h2-11,13-14,19-20,27H,12,15-18H2,1H3,(H,32,33,34). The lowest BCUT2D eigenvalue weighted by atomic mass is 10.0. The number of fused-ring (bicyclic) bond motifs is 2. The van der Waals surface area contributed by atoms with E-state index in [-0.39, 0.29) is 6.04 Å². The van der Waals surface area contributed by atoms with Gasteiger partial charge in [0.2, 0.25) is 5.95 Å². The van der Waals surface area contributed by atoms with E-state index in [0.29, 0.717) is 5.95 Å². The molecule has 0 bridgehead atoms. The second-order valence-electron chi connectivity index (χ2n) is 9.97. The van der Waals surface area contributed by atoms with Crippen molar-refractivity contribution in [1.29, 1.82) is 0 Å². The van der Waals surface area contributed by atoms with Gasteiger partial charge in [-0.15, -0.1) is 11.3 Å². The van der Waals surface area contributed by atoms with E-state index in [4.69, 9.17) is 15.1 Å². The Bertz CT molecular complexity index is 1620. The van der Waals surface area contributed by atoms with E-state index >= 15 is 0 Å². The van der Waals surface area contributed by atoms with Crippen LogP contribution in [0.2, 0.25) is 0 Å². The summed E-state index contributed by atoms with van der Waals surface area (Å²) in [5, 5.41) is 14.8.